The molecule has 0 aliphatic heterocycles. The summed E-state index contributed by atoms with van der Waals surface area (Å²) in [6.45, 7) is 0. The van der Waals surface area contributed by atoms with Gasteiger partial charge in [-0.3, -0.25) is 9.59 Å². The summed E-state index contributed by atoms with van der Waals surface area (Å²) < 4.78 is 25.6. The van der Waals surface area contributed by atoms with Gasteiger partial charge in [0.25, 0.3) is 15.9 Å². The number of halogens is 1. The molecular weight excluding hydrogens is 284 g/mol. The van der Waals surface area contributed by atoms with Crippen molar-refractivity contribution in [1.82, 2.24) is 0 Å². The summed E-state index contributed by atoms with van der Waals surface area (Å²) in [5, 5.41) is 1.93. The van der Waals surface area contributed by atoms with Gasteiger partial charge in [0.2, 0.25) is 6.29 Å². The first-order chi connectivity index (χ1) is 8.40. The van der Waals surface area contributed by atoms with Gasteiger partial charge in [0, 0.05) is 15.1 Å². The van der Waals surface area contributed by atoms with Crippen LogP contribution in [-0.4, -0.2) is 20.6 Å². The van der Waals surface area contributed by atoms with E-state index in [-0.39, 0.29) is 17.0 Å². The summed E-state index contributed by atoms with van der Waals surface area (Å²) in [7, 11) is -4.27. The molecule has 8 nitrogen and oxygen atoms in total. The summed E-state index contributed by atoms with van der Waals surface area (Å²) in [4.78, 5) is 22.6. The highest BCUT2D eigenvalue weighted by Gasteiger charge is 2.17. The molecule has 94 valence electrons. The Morgan fingerprint density at radius 2 is 2.17 bits per heavy atom. The van der Waals surface area contributed by atoms with Gasteiger partial charge in [-0.15, -0.1) is 0 Å². The van der Waals surface area contributed by atoms with E-state index in [0.29, 0.717) is 0 Å². The van der Waals surface area contributed by atoms with Crippen molar-refractivity contribution < 1.29 is 18.0 Å². The van der Waals surface area contributed by atoms with Crippen molar-refractivity contribution in [2.75, 3.05) is 5.32 Å². The van der Waals surface area contributed by atoms with E-state index >= 15 is 0 Å². The molecule has 0 bridgehead atoms. The average molecular weight is 289 g/mol. The molecule has 1 rings (SSSR count). The number of azide groups is 1. The molecule has 10 heteroatoms. The van der Waals surface area contributed by atoms with E-state index in [4.69, 9.17) is 17.1 Å². The zero-order chi connectivity index (χ0) is 13.8. The van der Waals surface area contributed by atoms with Crippen molar-refractivity contribution in [3.63, 3.8) is 0 Å². The number of carbonyl (C=O) groups is 2. The molecule has 0 aromatic heterocycles. The van der Waals surface area contributed by atoms with Gasteiger partial charge in [-0.05, 0) is 23.7 Å². The van der Waals surface area contributed by atoms with E-state index in [0.717, 1.165) is 6.07 Å². The monoisotopic (exact) mass is 288 g/mol. The topological polar surface area (TPSA) is 129 Å². The summed E-state index contributed by atoms with van der Waals surface area (Å²) in [5.41, 5.74) is 8.16. The number of anilines is 1. The van der Waals surface area contributed by atoms with Gasteiger partial charge in [0.1, 0.15) is 0 Å². The van der Waals surface area contributed by atoms with Gasteiger partial charge < -0.3 is 5.32 Å². The molecular formula is C8H5ClN4O4S. The Balaban J connectivity index is 3.29. The number of nitrogens with one attached hydrogen (secondary N) is 1. The third-order valence-corrected chi connectivity index (χ3v) is 3.35. The maximum Gasteiger partial charge on any atom is 0.288 e. The van der Waals surface area contributed by atoms with Crippen molar-refractivity contribution in [1.29, 1.82) is 0 Å². The van der Waals surface area contributed by atoms with Crippen molar-refractivity contribution in [2.45, 2.75) is 4.90 Å². The van der Waals surface area contributed by atoms with Gasteiger partial charge in [-0.25, -0.2) is 8.42 Å². The van der Waals surface area contributed by atoms with Crippen molar-refractivity contribution >= 4 is 39.5 Å². The number of hydrogen-bond acceptors (Lipinski definition) is 4. The number of aldehydes is 1. The van der Waals surface area contributed by atoms with Crippen LogP contribution in [0.3, 0.4) is 0 Å². The summed E-state index contributed by atoms with van der Waals surface area (Å²) in [5.74, 6) is -0.954. The summed E-state index contributed by atoms with van der Waals surface area (Å²) >= 11 is 5.64. The molecule has 1 N–H and O–H groups in total. The predicted octanol–water partition coefficient (Wildman–Crippen LogP) is 1.48. The van der Waals surface area contributed by atoms with Crippen LogP contribution < -0.4 is 5.32 Å². The fourth-order valence-electron chi connectivity index (χ4n) is 1.04. The molecule has 1 aromatic rings. The lowest BCUT2D eigenvalue weighted by molar-refractivity contribution is -0.127. The maximum atomic E-state index is 11.5. The Bertz CT molecular complexity index is 651. The second-order valence-corrected chi connectivity index (χ2v) is 4.86. The summed E-state index contributed by atoms with van der Waals surface area (Å²) in [6, 6.07) is 3.45. The minimum Gasteiger partial charge on any atom is -0.320 e. The number of sulfonamides is 1. The first kappa shape index (κ1) is 14.0. The Morgan fingerprint density at radius 1 is 1.50 bits per heavy atom. The number of amides is 1. The van der Waals surface area contributed by atoms with Crippen molar-refractivity contribution in [2.24, 2.45) is 4.52 Å². The van der Waals surface area contributed by atoms with Crippen LogP contribution in [0.25, 0.3) is 10.4 Å². The molecule has 0 atom stereocenters. The quantitative estimate of drug-likeness (QED) is 0.295. The maximum absolute atomic E-state index is 11.5. The van der Waals surface area contributed by atoms with Crippen molar-refractivity contribution in [3.05, 3.63) is 33.7 Å². The van der Waals surface area contributed by atoms with Crippen LogP contribution >= 0.6 is 11.6 Å². The molecule has 0 saturated carbocycles. The Labute approximate surface area is 106 Å². The second-order valence-electron chi connectivity index (χ2n) is 2.90. The molecule has 0 fully saturated rings. The van der Waals surface area contributed by atoms with Gasteiger partial charge in [-0.1, -0.05) is 11.6 Å². The highest BCUT2D eigenvalue weighted by Crippen LogP contribution is 2.26. The minimum absolute atomic E-state index is 0.0240. The normalized spacial score (nSPS) is 10.3. The number of hydrogen-bond donors (Lipinski definition) is 1. The van der Waals surface area contributed by atoms with Crippen LogP contribution in [0.2, 0.25) is 5.02 Å². The SMILES string of the molecule is [N-]=[N+]=NS(=O)(=O)c1cc(NC(=O)C=O)ccc1Cl. The van der Waals surface area contributed by atoms with E-state index in [1.807, 2.05) is 0 Å². The molecule has 0 radical (unpaired) electrons. The van der Waals surface area contributed by atoms with Crippen molar-refractivity contribution in [3.8, 4) is 0 Å². The zero-order valence-corrected chi connectivity index (χ0v) is 10.1. The zero-order valence-electron chi connectivity index (χ0n) is 8.57. The van der Waals surface area contributed by atoms with Gasteiger partial charge in [0.15, 0.2) is 0 Å². The van der Waals surface area contributed by atoms with E-state index in [2.05, 4.69) is 14.7 Å². The number of carbonyl (C=O) groups excluding carboxylic acids is 2. The van der Waals surface area contributed by atoms with E-state index in [1.54, 1.807) is 0 Å². The van der Waals surface area contributed by atoms with E-state index < -0.39 is 20.8 Å². The van der Waals surface area contributed by atoms with Crippen LogP contribution in [0.5, 0.6) is 0 Å². The lowest BCUT2D eigenvalue weighted by Crippen LogP contribution is -2.12. The van der Waals surface area contributed by atoms with Gasteiger partial charge >= 0.3 is 0 Å². The van der Waals surface area contributed by atoms with Crippen LogP contribution in [0.15, 0.2) is 27.6 Å². The fourth-order valence-corrected chi connectivity index (χ4v) is 2.23. The van der Waals surface area contributed by atoms with Crippen LogP contribution in [0.1, 0.15) is 0 Å². The first-order valence-electron chi connectivity index (χ1n) is 4.28. The summed E-state index contributed by atoms with van der Waals surface area (Å²) in [6.07, 6.45) is 0.0240. The molecule has 1 amide bonds. The molecule has 18 heavy (non-hydrogen) atoms. The Morgan fingerprint density at radius 3 is 2.72 bits per heavy atom. The predicted molar refractivity (Wildman–Crippen MR) is 62.5 cm³/mol. The minimum atomic E-state index is -4.27. The smallest absolute Gasteiger partial charge is 0.288 e. The highest BCUT2D eigenvalue weighted by atomic mass is 35.5. The standard InChI is InChI=1S/C8H5ClN4O4S/c9-6-2-1-5(11-8(15)4-14)3-7(6)18(16,17)13-12-10/h1-4H,(H,11,15). The third-order valence-electron chi connectivity index (χ3n) is 1.73. The lowest BCUT2D eigenvalue weighted by Gasteiger charge is -2.05. The van der Waals surface area contributed by atoms with Crippen LogP contribution in [-0.2, 0) is 19.6 Å². The Hall–Kier alpha value is -2.09. The van der Waals surface area contributed by atoms with E-state index in [9.17, 15) is 18.0 Å². The molecule has 0 unspecified atom stereocenters. The number of rotatable bonds is 4. The molecule has 1 aromatic carbocycles. The lowest BCUT2D eigenvalue weighted by atomic mass is 10.3. The number of nitrogens with zero attached hydrogens (tertiary/aromatic N) is 3. The third kappa shape index (κ3) is 3.20. The highest BCUT2D eigenvalue weighted by molar-refractivity contribution is 7.90. The van der Waals surface area contributed by atoms with Crippen LogP contribution in [0.4, 0.5) is 5.69 Å². The first-order valence-corrected chi connectivity index (χ1v) is 6.09. The second kappa shape index (κ2) is 5.50. The molecule has 0 spiro atoms. The number of benzene rings is 1. The van der Waals surface area contributed by atoms with Gasteiger partial charge in [-0.2, -0.15) is 0 Å². The van der Waals surface area contributed by atoms with Gasteiger partial charge in [0.05, 0.1) is 9.92 Å². The largest absolute Gasteiger partial charge is 0.320 e. The molecule has 0 aliphatic carbocycles. The Kier molecular flexibility index (Phi) is 4.27. The van der Waals surface area contributed by atoms with E-state index in [1.165, 1.54) is 12.1 Å². The molecule has 0 heterocycles. The molecule has 0 saturated heterocycles. The molecule has 0 aliphatic rings. The fraction of sp³-hybridized carbons (Fsp3) is 0. The van der Waals surface area contributed by atoms with Crippen LogP contribution in [0, 0.1) is 0 Å². The average Bonchev–Trinajstić information content (AvgIpc) is 2.31.